The standard InChI is InChI=1S/C23H24N6O3/c1-23(22(32)26-13-16-7-4-3-5-8-16)15-29-19(21(31)28(23)2)11-18(27-29)20(30)25-14-17-9-6-10-24-12-17/h3-12H,13-15H2,1-2H3,(H,25,30)(H,26,32). The largest absolute Gasteiger partial charge is 0.350 e. The van der Waals surface area contributed by atoms with Gasteiger partial charge in [0.2, 0.25) is 5.91 Å². The molecule has 2 N–H and O–H groups in total. The van der Waals surface area contributed by atoms with Crippen LogP contribution in [0.15, 0.2) is 60.9 Å². The summed E-state index contributed by atoms with van der Waals surface area (Å²) < 4.78 is 1.43. The van der Waals surface area contributed by atoms with Crippen molar-refractivity contribution in [1.29, 1.82) is 0 Å². The van der Waals surface area contributed by atoms with E-state index in [0.29, 0.717) is 13.1 Å². The topological polar surface area (TPSA) is 109 Å². The van der Waals surface area contributed by atoms with Gasteiger partial charge in [-0.3, -0.25) is 24.0 Å². The van der Waals surface area contributed by atoms with Crippen molar-refractivity contribution < 1.29 is 14.4 Å². The van der Waals surface area contributed by atoms with Gasteiger partial charge in [-0.2, -0.15) is 5.10 Å². The van der Waals surface area contributed by atoms with E-state index in [0.717, 1.165) is 11.1 Å². The monoisotopic (exact) mass is 432 g/mol. The van der Waals surface area contributed by atoms with Crippen LogP contribution in [0, 0.1) is 0 Å². The normalized spacial score (nSPS) is 17.6. The number of hydrogen-bond acceptors (Lipinski definition) is 5. The molecular weight excluding hydrogens is 408 g/mol. The SMILES string of the molecule is CN1C(=O)c2cc(C(=O)NCc3cccnc3)nn2CC1(C)C(=O)NCc1ccccc1. The smallest absolute Gasteiger partial charge is 0.272 e. The molecule has 9 heteroatoms. The van der Waals surface area contributed by atoms with Gasteiger partial charge in [0.15, 0.2) is 5.69 Å². The van der Waals surface area contributed by atoms with Crippen LogP contribution in [0.3, 0.4) is 0 Å². The lowest BCUT2D eigenvalue weighted by Gasteiger charge is -2.40. The summed E-state index contributed by atoms with van der Waals surface area (Å²) in [6.45, 7) is 2.48. The Hall–Kier alpha value is -4.01. The minimum absolute atomic E-state index is 0.125. The number of aromatic nitrogens is 3. The summed E-state index contributed by atoms with van der Waals surface area (Å²) in [5.41, 5.74) is 1.06. The Bertz CT molecular complexity index is 1150. The summed E-state index contributed by atoms with van der Waals surface area (Å²) >= 11 is 0. The minimum atomic E-state index is -1.14. The van der Waals surface area contributed by atoms with Crippen LogP contribution in [0.5, 0.6) is 0 Å². The van der Waals surface area contributed by atoms with E-state index < -0.39 is 11.4 Å². The van der Waals surface area contributed by atoms with Gasteiger partial charge in [-0.1, -0.05) is 36.4 Å². The first-order valence-corrected chi connectivity index (χ1v) is 10.2. The maximum absolute atomic E-state index is 13.0. The first kappa shape index (κ1) is 21.2. The molecule has 0 bridgehead atoms. The number of amides is 3. The van der Waals surface area contributed by atoms with Crippen LogP contribution in [0.1, 0.15) is 39.0 Å². The second-order valence-electron chi connectivity index (χ2n) is 7.92. The average Bonchev–Trinajstić information content (AvgIpc) is 3.24. The highest BCUT2D eigenvalue weighted by atomic mass is 16.2. The zero-order valence-electron chi connectivity index (χ0n) is 17.9. The molecule has 1 aliphatic heterocycles. The third-order valence-corrected chi connectivity index (χ3v) is 5.70. The maximum atomic E-state index is 13.0. The van der Waals surface area contributed by atoms with Gasteiger partial charge in [-0.05, 0) is 24.1 Å². The van der Waals surface area contributed by atoms with Crippen LogP contribution >= 0.6 is 0 Å². The molecule has 1 aliphatic rings. The molecule has 0 fully saturated rings. The van der Waals surface area contributed by atoms with Crippen molar-refractivity contribution in [2.75, 3.05) is 7.05 Å². The Labute approximate surface area is 185 Å². The minimum Gasteiger partial charge on any atom is -0.350 e. The number of pyridine rings is 1. The summed E-state index contributed by atoms with van der Waals surface area (Å²) in [5, 5.41) is 9.98. The third-order valence-electron chi connectivity index (χ3n) is 5.70. The van der Waals surface area contributed by atoms with Gasteiger partial charge in [-0.25, -0.2) is 0 Å². The fraction of sp³-hybridized carbons (Fsp3) is 0.261. The van der Waals surface area contributed by atoms with Gasteiger partial charge in [0.1, 0.15) is 11.2 Å². The van der Waals surface area contributed by atoms with Crippen LogP contribution in [0.4, 0.5) is 0 Å². The number of nitrogens with zero attached hydrogens (tertiary/aromatic N) is 4. The van der Waals surface area contributed by atoms with Crippen LogP contribution in [0.25, 0.3) is 0 Å². The van der Waals surface area contributed by atoms with Crippen molar-refractivity contribution in [2.24, 2.45) is 0 Å². The summed E-state index contributed by atoms with van der Waals surface area (Å²) in [5.74, 6) is -1.06. The van der Waals surface area contributed by atoms with Crippen LogP contribution in [-0.2, 0) is 24.4 Å². The van der Waals surface area contributed by atoms with Crippen molar-refractivity contribution in [1.82, 2.24) is 30.3 Å². The van der Waals surface area contributed by atoms with E-state index in [1.54, 1.807) is 32.4 Å². The molecule has 0 saturated heterocycles. The lowest BCUT2D eigenvalue weighted by Crippen LogP contribution is -2.62. The van der Waals surface area contributed by atoms with E-state index >= 15 is 0 Å². The Balaban J connectivity index is 1.48. The average molecular weight is 432 g/mol. The van der Waals surface area contributed by atoms with Crippen molar-refractivity contribution in [3.05, 3.63) is 83.4 Å². The highest BCUT2D eigenvalue weighted by Gasteiger charge is 2.46. The molecule has 3 heterocycles. The van der Waals surface area contributed by atoms with Gasteiger partial charge in [0.25, 0.3) is 11.8 Å². The number of benzene rings is 1. The molecule has 0 spiro atoms. The molecule has 0 radical (unpaired) electrons. The van der Waals surface area contributed by atoms with E-state index in [-0.39, 0.29) is 29.7 Å². The number of carbonyl (C=O) groups excluding carboxylic acids is 3. The van der Waals surface area contributed by atoms with Gasteiger partial charge >= 0.3 is 0 Å². The lowest BCUT2D eigenvalue weighted by atomic mass is 9.96. The molecule has 32 heavy (non-hydrogen) atoms. The van der Waals surface area contributed by atoms with Crippen LogP contribution < -0.4 is 10.6 Å². The molecule has 1 aromatic carbocycles. The Morgan fingerprint density at radius 1 is 1.06 bits per heavy atom. The van der Waals surface area contributed by atoms with Crippen molar-refractivity contribution in [3.63, 3.8) is 0 Å². The molecule has 0 aliphatic carbocycles. The summed E-state index contributed by atoms with van der Waals surface area (Å²) in [7, 11) is 1.59. The van der Waals surface area contributed by atoms with Crippen LogP contribution in [0.2, 0.25) is 0 Å². The number of likely N-dealkylation sites (N-methyl/N-ethyl adjacent to an activating group) is 1. The lowest BCUT2D eigenvalue weighted by molar-refractivity contribution is -0.132. The fourth-order valence-electron chi connectivity index (χ4n) is 3.58. The number of nitrogens with one attached hydrogen (secondary N) is 2. The molecular formula is C23H24N6O3. The zero-order chi connectivity index (χ0) is 22.7. The predicted octanol–water partition coefficient (Wildman–Crippen LogP) is 1.37. The second-order valence-corrected chi connectivity index (χ2v) is 7.92. The first-order valence-electron chi connectivity index (χ1n) is 10.2. The first-order chi connectivity index (χ1) is 15.4. The van der Waals surface area contributed by atoms with E-state index in [9.17, 15) is 14.4 Å². The highest BCUT2D eigenvalue weighted by molar-refractivity contribution is 6.01. The summed E-state index contributed by atoms with van der Waals surface area (Å²) in [6, 6.07) is 14.6. The summed E-state index contributed by atoms with van der Waals surface area (Å²) in [6.07, 6.45) is 3.32. The van der Waals surface area contributed by atoms with Gasteiger partial charge < -0.3 is 15.5 Å². The van der Waals surface area contributed by atoms with Crippen molar-refractivity contribution in [2.45, 2.75) is 32.1 Å². The Morgan fingerprint density at radius 3 is 2.50 bits per heavy atom. The number of hydrogen-bond donors (Lipinski definition) is 2. The molecule has 2 aromatic heterocycles. The van der Waals surface area contributed by atoms with Gasteiger partial charge in [0.05, 0.1) is 6.54 Å². The van der Waals surface area contributed by atoms with E-state index in [2.05, 4.69) is 20.7 Å². The van der Waals surface area contributed by atoms with E-state index in [1.165, 1.54) is 15.6 Å². The third kappa shape index (κ3) is 4.09. The fourth-order valence-corrected chi connectivity index (χ4v) is 3.58. The van der Waals surface area contributed by atoms with Gasteiger partial charge in [-0.15, -0.1) is 0 Å². The van der Waals surface area contributed by atoms with Crippen LogP contribution in [-0.4, -0.2) is 50.0 Å². The highest BCUT2D eigenvalue weighted by Crippen LogP contribution is 2.26. The quantitative estimate of drug-likeness (QED) is 0.612. The van der Waals surface area contributed by atoms with E-state index in [4.69, 9.17) is 0 Å². The number of fused-ring (bicyclic) bond motifs is 1. The molecule has 0 saturated carbocycles. The Morgan fingerprint density at radius 2 is 1.78 bits per heavy atom. The number of rotatable bonds is 6. The molecule has 3 amide bonds. The number of carbonyl (C=O) groups is 3. The summed E-state index contributed by atoms with van der Waals surface area (Å²) in [4.78, 5) is 44.0. The van der Waals surface area contributed by atoms with E-state index in [1.807, 2.05) is 36.4 Å². The van der Waals surface area contributed by atoms with Gasteiger partial charge in [0, 0.05) is 38.6 Å². The molecule has 1 atom stereocenters. The maximum Gasteiger partial charge on any atom is 0.272 e. The molecule has 3 aromatic rings. The molecule has 4 rings (SSSR count). The van der Waals surface area contributed by atoms with Crippen molar-refractivity contribution >= 4 is 17.7 Å². The zero-order valence-corrected chi connectivity index (χ0v) is 17.9. The molecule has 1 unspecified atom stereocenters. The predicted molar refractivity (Wildman–Crippen MR) is 116 cm³/mol. The second kappa shape index (κ2) is 8.62. The Kier molecular flexibility index (Phi) is 5.72. The molecule has 164 valence electrons. The molecule has 9 nitrogen and oxygen atoms in total. The van der Waals surface area contributed by atoms with Crippen molar-refractivity contribution in [3.8, 4) is 0 Å².